The Labute approximate surface area is 66.4 Å². The maximum absolute atomic E-state index is 5.51. The van der Waals surface area contributed by atoms with E-state index in [0.29, 0.717) is 13.1 Å². The highest BCUT2D eigenvalue weighted by molar-refractivity contribution is 5.16. The lowest BCUT2D eigenvalue weighted by molar-refractivity contribution is 0.707. The predicted octanol–water partition coefficient (Wildman–Crippen LogP) is 0.0826. The lowest BCUT2D eigenvalue weighted by Gasteiger charge is -2.10. The first-order chi connectivity index (χ1) is 5.38. The second-order valence-corrected chi connectivity index (χ2v) is 2.45. The van der Waals surface area contributed by atoms with Crippen LogP contribution in [-0.2, 0) is 0 Å². The van der Waals surface area contributed by atoms with E-state index in [0.717, 1.165) is 0 Å². The minimum atomic E-state index is 0.276. The van der Waals surface area contributed by atoms with E-state index in [1.165, 1.54) is 5.56 Å². The minimum absolute atomic E-state index is 0.276. The third-order valence-electron chi connectivity index (χ3n) is 1.75. The maximum Gasteiger partial charge on any atom is 0.0270 e. The van der Waals surface area contributed by atoms with Gasteiger partial charge >= 0.3 is 0 Å². The molecule has 0 aliphatic rings. The summed E-state index contributed by atoms with van der Waals surface area (Å²) in [5.41, 5.74) is 12.2. The zero-order valence-electron chi connectivity index (χ0n) is 6.40. The van der Waals surface area contributed by atoms with E-state index in [-0.39, 0.29) is 5.92 Å². The van der Waals surface area contributed by atoms with Crippen LogP contribution in [0, 0.1) is 0 Å². The van der Waals surface area contributed by atoms with E-state index in [1.807, 2.05) is 12.1 Å². The van der Waals surface area contributed by atoms with Crippen molar-refractivity contribution in [3.8, 4) is 0 Å². The van der Waals surface area contributed by atoms with Crippen LogP contribution in [-0.4, -0.2) is 18.1 Å². The smallest absolute Gasteiger partial charge is 0.0270 e. The van der Waals surface area contributed by atoms with Gasteiger partial charge < -0.3 is 11.5 Å². The first kappa shape index (κ1) is 8.17. The largest absolute Gasteiger partial charge is 0.330 e. The third-order valence-corrected chi connectivity index (χ3v) is 1.75. The molecule has 0 aliphatic heterocycles. The number of pyridine rings is 1. The van der Waals surface area contributed by atoms with E-state index in [2.05, 4.69) is 4.98 Å². The monoisotopic (exact) mass is 151 g/mol. The molecule has 3 heteroatoms. The molecule has 0 amide bonds. The molecular formula is C8H13N3. The fourth-order valence-corrected chi connectivity index (χ4v) is 1.00. The Balaban J connectivity index is 2.74. The van der Waals surface area contributed by atoms with Gasteiger partial charge in [0.1, 0.15) is 0 Å². The average molecular weight is 151 g/mol. The van der Waals surface area contributed by atoms with E-state index in [4.69, 9.17) is 11.5 Å². The van der Waals surface area contributed by atoms with Gasteiger partial charge in [0, 0.05) is 31.4 Å². The molecule has 1 aromatic rings. The Kier molecular flexibility index (Phi) is 3.01. The SMILES string of the molecule is NCC(CN)c1ccncc1. The quantitative estimate of drug-likeness (QED) is 0.643. The number of nitrogens with zero attached hydrogens (tertiary/aromatic N) is 1. The summed E-state index contributed by atoms with van der Waals surface area (Å²) >= 11 is 0. The summed E-state index contributed by atoms with van der Waals surface area (Å²) in [5, 5.41) is 0. The van der Waals surface area contributed by atoms with E-state index >= 15 is 0 Å². The molecule has 60 valence electrons. The van der Waals surface area contributed by atoms with Crippen molar-refractivity contribution in [2.45, 2.75) is 5.92 Å². The standard InChI is InChI=1S/C8H13N3/c9-5-8(6-10)7-1-3-11-4-2-7/h1-4,8H,5-6,9-10H2. The van der Waals surface area contributed by atoms with Gasteiger partial charge in [-0.05, 0) is 17.7 Å². The van der Waals surface area contributed by atoms with Gasteiger partial charge in [-0.3, -0.25) is 4.98 Å². The Hall–Kier alpha value is -0.930. The molecule has 1 aromatic heterocycles. The lowest BCUT2D eigenvalue weighted by Crippen LogP contribution is -2.21. The van der Waals surface area contributed by atoms with Crippen LogP contribution in [0.25, 0.3) is 0 Å². The van der Waals surface area contributed by atoms with Gasteiger partial charge in [0.2, 0.25) is 0 Å². The summed E-state index contributed by atoms with van der Waals surface area (Å²) in [5.74, 6) is 0.276. The molecule has 0 fully saturated rings. The average Bonchev–Trinajstić information content (AvgIpc) is 2.09. The summed E-state index contributed by atoms with van der Waals surface area (Å²) in [7, 11) is 0. The van der Waals surface area contributed by atoms with Crippen molar-refractivity contribution < 1.29 is 0 Å². The molecule has 0 saturated carbocycles. The van der Waals surface area contributed by atoms with Gasteiger partial charge in [0.05, 0.1) is 0 Å². The van der Waals surface area contributed by atoms with E-state index < -0.39 is 0 Å². The van der Waals surface area contributed by atoms with Crippen LogP contribution in [0.3, 0.4) is 0 Å². The molecule has 4 N–H and O–H groups in total. The molecule has 1 heterocycles. The number of hydrogen-bond acceptors (Lipinski definition) is 3. The van der Waals surface area contributed by atoms with Gasteiger partial charge in [-0.25, -0.2) is 0 Å². The summed E-state index contributed by atoms with van der Waals surface area (Å²) in [6, 6.07) is 3.90. The van der Waals surface area contributed by atoms with Gasteiger partial charge in [-0.15, -0.1) is 0 Å². The summed E-state index contributed by atoms with van der Waals surface area (Å²) < 4.78 is 0. The van der Waals surface area contributed by atoms with Crippen molar-refractivity contribution >= 4 is 0 Å². The van der Waals surface area contributed by atoms with E-state index in [1.54, 1.807) is 12.4 Å². The number of rotatable bonds is 3. The highest BCUT2D eigenvalue weighted by Gasteiger charge is 2.05. The van der Waals surface area contributed by atoms with Crippen molar-refractivity contribution in [3.05, 3.63) is 30.1 Å². The first-order valence-corrected chi connectivity index (χ1v) is 3.68. The Morgan fingerprint density at radius 2 is 1.73 bits per heavy atom. The molecule has 0 aromatic carbocycles. The van der Waals surface area contributed by atoms with E-state index in [9.17, 15) is 0 Å². The third kappa shape index (κ3) is 2.00. The fraction of sp³-hybridized carbons (Fsp3) is 0.375. The number of hydrogen-bond donors (Lipinski definition) is 2. The van der Waals surface area contributed by atoms with Crippen LogP contribution in [0.1, 0.15) is 11.5 Å². The zero-order chi connectivity index (χ0) is 8.10. The highest BCUT2D eigenvalue weighted by atomic mass is 14.6. The van der Waals surface area contributed by atoms with Crippen molar-refractivity contribution in [1.29, 1.82) is 0 Å². The number of nitrogens with two attached hydrogens (primary N) is 2. The Bertz CT molecular complexity index is 194. The van der Waals surface area contributed by atoms with Crippen LogP contribution in [0.15, 0.2) is 24.5 Å². The molecule has 0 bridgehead atoms. The van der Waals surface area contributed by atoms with Gasteiger partial charge in [0.15, 0.2) is 0 Å². The molecule has 0 unspecified atom stereocenters. The normalized spacial score (nSPS) is 10.5. The Morgan fingerprint density at radius 3 is 2.18 bits per heavy atom. The van der Waals surface area contributed by atoms with Crippen LogP contribution in [0.2, 0.25) is 0 Å². The molecular weight excluding hydrogens is 138 g/mol. The van der Waals surface area contributed by atoms with Crippen LogP contribution < -0.4 is 11.5 Å². The molecule has 1 rings (SSSR count). The molecule has 0 aliphatic carbocycles. The highest BCUT2D eigenvalue weighted by Crippen LogP contribution is 2.10. The van der Waals surface area contributed by atoms with Crippen molar-refractivity contribution in [3.63, 3.8) is 0 Å². The second kappa shape index (κ2) is 4.05. The topological polar surface area (TPSA) is 64.9 Å². The molecule has 0 atom stereocenters. The second-order valence-electron chi connectivity index (χ2n) is 2.45. The zero-order valence-corrected chi connectivity index (χ0v) is 6.40. The first-order valence-electron chi connectivity index (χ1n) is 3.68. The maximum atomic E-state index is 5.51. The molecule has 0 saturated heterocycles. The Morgan fingerprint density at radius 1 is 1.18 bits per heavy atom. The molecule has 11 heavy (non-hydrogen) atoms. The summed E-state index contributed by atoms with van der Waals surface area (Å²) in [6.45, 7) is 1.20. The van der Waals surface area contributed by atoms with Crippen molar-refractivity contribution in [2.75, 3.05) is 13.1 Å². The van der Waals surface area contributed by atoms with Crippen molar-refractivity contribution in [1.82, 2.24) is 4.98 Å². The minimum Gasteiger partial charge on any atom is -0.330 e. The summed E-state index contributed by atoms with van der Waals surface area (Å²) in [4.78, 5) is 3.91. The van der Waals surface area contributed by atoms with Crippen LogP contribution >= 0.6 is 0 Å². The van der Waals surface area contributed by atoms with Crippen LogP contribution in [0.5, 0.6) is 0 Å². The van der Waals surface area contributed by atoms with Crippen LogP contribution in [0.4, 0.5) is 0 Å². The fourth-order valence-electron chi connectivity index (χ4n) is 1.00. The molecule has 3 nitrogen and oxygen atoms in total. The van der Waals surface area contributed by atoms with Gasteiger partial charge in [0.25, 0.3) is 0 Å². The molecule has 0 radical (unpaired) electrons. The predicted molar refractivity (Wildman–Crippen MR) is 45.1 cm³/mol. The lowest BCUT2D eigenvalue weighted by atomic mass is 10.0. The summed E-state index contributed by atoms with van der Waals surface area (Å²) in [6.07, 6.45) is 3.52. The van der Waals surface area contributed by atoms with Gasteiger partial charge in [-0.2, -0.15) is 0 Å². The van der Waals surface area contributed by atoms with Crippen molar-refractivity contribution in [2.24, 2.45) is 11.5 Å². The van der Waals surface area contributed by atoms with Gasteiger partial charge in [-0.1, -0.05) is 0 Å². The number of aromatic nitrogens is 1. The molecule has 0 spiro atoms.